The first-order chi connectivity index (χ1) is 21.1. The molecule has 6 nitrogen and oxygen atoms in total. The molecule has 0 aliphatic heterocycles. The molecule has 0 radical (unpaired) electrons. The van der Waals surface area contributed by atoms with Crippen LogP contribution in [0.3, 0.4) is 0 Å². The predicted molar refractivity (Wildman–Crippen MR) is 163 cm³/mol. The van der Waals surface area contributed by atoms with Gasteiger partial charge in [0.25, 0.3) is 0 Å². The van der Waals surface area contributed by atoms with Crippen LogP contribution >= 0.6 is 0 Å². The summed E-state index contributed by atoms with van der Waals surface area (Å²) >= 11 is 0. The summed E-state index contributed by atoms with van der Waals surface area (Å²) in [4.78, 5) is -1.58. The molecule has 0 N–H and O–H groups in total. The van der Waals surface area contributed by atoms with Gasteiger partial charge in [0.15, 0.2) is 11.6 Å². The molecule has 0 aromatic heterocycles. The zero-order valence-electron chi connectivity index (χ0n) is 25.3. The van der Waals surface area contributed by atoms with Crippen molar-refractivity contribution in [3.63, 3.8) is 0 Å². The van der Waals surface area contributed by atoms with Gasteiger partial charge in [-0.2, -0.15) is 8.42 Å². The molecular formula is C34H43F2O6S2-. The van der Waals surface area contributed by atoms with Crippen molar-refractivity contribution >= 4 is 20.2 Å². The van der Waals surface area contributed by atoms with Crippen molar-refractivity contribution < 1.29 is 34.4 Å². The third-order valence-corrected chi connectivity index (χ3v) is 12.8. The Bertz CT molecular complexity index is 1560. The van der Waals surface area contributed by atoms with Crippen molar-refractivity contribution in [2.45, 2.75) is 150 Å². The number of benzene rings is 2. The van der Waals surface area contributed by atoms with Gasteiger partial charge in [-0.3, -0.25) is 0 Å². The molecule has 10 heteroatoms. The van der Waals surface area contributed by atoms with Crippen LogP contribution in [0.5, 0.6) is 5.75 Å². The minimum Gasteiger partial charge on any atom is -0.744 e. The highest BCUT2D eigenvalue weighted by atomic mass is 32.2. The van der Waals surface area contributed by atoms with Crippen LogP contribution in [0.1, 0.15) is 155 Å². The average Bonchev–Trinajstić information content (AvgIpc) is 3.03. The fourth-order valence-corrected chi connectivity index (χ4v) is 10.6. The summed E-state index contributed by atoms with van der Waals surface area (Å²) in [6.07, 6.45) is 16.4. The lowest BCUT2D eigenvalue weighted by Crippen LogP contribution is -2.23. The average molecular weight is 650 g/mol. The zero-order chi connectivity index (χ0) is 31.1. The maximum atomic E-state index is 15.9. The van der Waals surface area contributed by atoms with Crippen LogP contribution in [0.25, 0.3) is 0 Å². The lowest BCUT2D eigenvalue weighted by atomic mass is 9.76. The topological polar surface area (TPSA) is 101 Å². The molecule has 0 amide bonds. The lowest BCUT2D eigenvalue weighted by Gasteiger charge is -2.32. The van der Waals surface area contributed by atoms with Gasteiger partial charge < -0.3 is 8.74 Å². The van der Waals surface area contributed by atoms with Gasteiger partial charge in [-0.1, -0.05) is 69.9 Å². The summed E-state index contributed by atoms with van der Waals surface area (Å²) in [7, 11) is -10.3. The third-order valence-electron chi connectivity index (χ3n) is 10.6. The maximum absolute atomic E-state index is 15.9. The molecule has 0 atom stereocenters. The van der Waals surface area contributed by atoms with Crippen LogP contribution in [0, 0.1) is 11.6 Å². The van der Waals surface area contributed by atoms with Crippen molar-refractivity contribution in [3.8, 4) is 5.75 Å². The Labute approximate surface area is 260 Å². The number of hydrogen-bond donors (Lipinski definition) is 0. The number of rotatable bonds is 7. The van der Waals surface area contributed by atoms with E-state index >= 15 is 8.78 Å². The first-order valence-electron chi connectivity index (χ1n) is 16.7. The van der Waals surface area contributed by atoms with E-state index in [0.717, 1.165) is 101 Å². The molecule has 0 heterocycles. The molecule has 2 aromatic carbocycles. The van der Waals surface area contributed by atoms with Gasteiger partial charge in [0.05, 0.1) is 0 Å². The van der Waals surface area contributed by atoms with E-state index in [2.05, 4.69) is 12.1 Å². The largest absolute Gasteiger partial charge is 0.744 e. The Morgan fingerprint density at radius 3 is 1.52 bits per heavy atom. The van der Waals surface area contributed by atoms with Crippen LogP contribution in [-0.4, -0.2) is 21.4 Å². The molecular weight excluding hydrogens is 606 g/mol. The Morgan fingerprint density at radius 2 is 1.05 bits per heavy atom. The minimum absolute atomic E-state index is 0.000478. The van der Waals surface area contributed by atoms with E-state index in [1.807, 2.05) is 0 Å². The first kappa shape index (κ1) is 31.9. The minimum atomic E-state index is -5.58. The molecule has 0 spiro atoms. The quantitative estimate of drug-likeness (QED) is 0.220. The van der Waals surface area contributed by atoms with Crippen LogP contribution in [0.4, 0.5) is 8.78 Å². The van der Waals surface area contributed by atoms with Gasteiger partial charge in [0.2, 0.25) is 0 Å². The second kappa shape index (κ2) is 13.0. The highest BCUT2D eigenvalue weighted by molar-refractivity contribution is 7.87. The summed E-state index contributed by atoms with van der Waals surface area (Å²) in [5, 5.41) is 0. The summed E-state index contributed by atoms with van der Waals surface area (Å²) in [5.41, 5.74) is 2.47. The van der Waals surface area contributed by atoms with Crippen molar-refractivity contribution in [3.05, 3.63) is 51.6 Å². The van der Waals surface area contributed by atoms with E-state index in [-0.39, 0.29) is 40.7 Å². The van der Waals surface area contributed by atoms with Gasteiger partial charge in [-0.25, -0.2) is 17.2 Å². The van der Waals surface area contributed by atoms with E-state index in [0.29, 0.717) is 18.8 Å². The molecule has 0 bridgehead atoms. The van der Waals surface area contributed by atoms with E-state index < -0.39 is 42.5 Å². The smallest absolute Gasteiger partial charge is 0.339 e. The number of halogens is 2. The van der Waals surface area contributed by atoms with Gasteiger partial charge in [-0.05, 0) is 104 Å². The normalized spacial score (nSPS) is 21.2. The molecule has 3 fully saturated rings. The predicted octanol–water partition coefficient (Wildman–Crippen LogP) is 8.66. The van der Waals surface area contributed by atoms with Crippen LogP contribution in [0.2, 0.25) is 0 Å². The van der Waals surface area contributed by atoms with Crippen LogP contribution in [-0.2, 0) is 33.1 Å². The van der Waals surface area contributed by atoms with Crippen molar-refractivity contribution in [2.24, 2.45) is 0 Å². The van der Waals surface area contributed by atoms with E-state index in [1.54, 1.807) is 0 Å². The number of hydrogen-bond acceptors (Lipinski definition) is 6. The van der Waals surface area contributed by atoms with E-state index in [9.17, 15) is 21.4 Å². The fraction of sp³-hybridized carbons (Fsp3) is 0.647. The Balaban J connectivity index is 1.55. The fourth-order valence-electron chi connectivity index (χ4n) is 8.42. The van der Waals surface area contributed by atoms with Crippen molar-refractivity contribution in [1.82, 2.24) is 0 Å². The highest BCUT2D eigenvalue weighted by Gasteiger charge is 2.37. The second-order valence-electron chi connectivity index (χ2n) is 13.5. The molecule has 3 saturated carbocycles. The summed E-state index contributed by atoms with van der Waals surface area (Å²) < 4.78 is 102. The number of fused-ring (bicyclic) bond motifs is 1. The first-order valence-corrected chi connectivity index (χ1v) is 19.5. The maximum Gasteiger partial charge on any atom is 0.339 e. The SMILES string of the molecule is O=S(=O)([O-])c1c(F)c2c(c(OS(=O)(=O)c3c(C4CCCCC4)cc(C4CCCCC4)cc3C3CCCCC3)c1F)CCCC2. The Kier molecular flexibility index (Phi) is 9.42. The van der Waals surface area contributed by atoms with Crippen molar-refractivity contribution in [1.29, 1.82) is 0 Å². The Morgan fingerprint density at radius 1 is 0.591 bits per heavy atom. The third kappa shape index (κ3) is 6.32. The monoisotopic (exact) mass is 649 g/mol. The molecule has 4 aliphatic carbocycles. The standard InChI is InChI=1S/C34H44F2O6S2/c35-30-26-18-10-11-19-27(26)32(31(36)34(30)43(37,38)39)42-44(40,41)33-28(23-14-6-2-7-15-23)20-25(22-12-4-1-5-13-22)21-29(33)24-16-8-3-9-17-24/h20-24H,1-19H2,(H,37,38,39)/p-1. The highest BCUT2D eigenvalue weighted by Crippen LogP contribution is 2.47. The Hall–Kier alpha value is -2.04. The summed E-state index contributed by atoms with van der Waals surface area (Å²) in [6, 6.07) is 4.14. The van der Waals surface area contributed by atoms with Crippen LogP contribution < -0.4 is 4.18 Å². The molecule has 4 aliphatic rings. The molecule has 0 unspecified atom stereocenters. The van der Waals surface area contributed by atoms with Gasteiger partial charge >= 0.3 is 10.1 Å². The summed E-state index contributed by atoms with van der Waals surface area (Å²) in [6.45, 7) is 0. The second-order valence-corrected chi connectivity index (χ2v) is 16.3. The molecule has 0 saturated heterocycles. The molecule has 242 valence electrons. The zero-order valence-corrected chi connectivity index (χ0v) is 27.0. The van der Waals surface area contributed by atoms with Gasteiger partial charge in [-0.15, -0.1) is 0 Å². The molecule has 44 heavy (non-hydrogen) atoms. The van der Waals surface area contributed by atoms with Crippen molar-refractivity contribution in [2.75, 3.05) is 0 Å². The van der Waals surface area contributed by atoms with Gasteiger partial charge in [0, 0.05) is 5.56 Å². The lowest BCUT2D eigenvalue weighted by molar-refractivity contribution is 0.402. The summed E-state index contributed by atoms with van der Waals surface area (Å²) in [5.74, 6) is -3.65. The van der Waals surface area contributed by atoms with E-state index in [4.69, 9.17) is 4.18 Å². The van der Waals surface area contributed by atoms with Gasteiger partial charge in [0.1, 0.15) is 25.7 Å². The molecule has 6 rings (SSSR count). The van der Waals surface area contributed by atoms with Crippen LogP contribution in [0.15, 0.2) is 21.9 Å². The molecule has 2 aromatic rings. The van der Waals surface area contributed by atoms with E-state index in [1.165, 1.54) is 12.0 Å².